The van der Waals surface area contributed by atoms with Crippen LogP contribution in [0.2, 0.25) is 0 Å². The molecule has 1 aliphatic heterocycles. The number of amides is 1. The van der Waals surface area contributed by atoms with Gasteiger partial charge >= 0.3 is 0 Å². The molecule has 5 heteroatoms. The van der Waals surface area contributed by atoms with E-state index in [1.807, 2.05) is 38.1 Å². The summed E-state index contributed by atoms with van der Waals surface area (Å²) < 4.78 is 11.2. The predicted octanol–water partition coefficient (Wildman–Crippen LogP) is 3.09. The van der Waals surface area contributed by atoms with Crippen LogP contribution in [0.5, 0.6) is 5.75 Å². The molecule has 0 saturated carbocycles. The smallest absolute Gasteiger partial charge is 0.251 e. The third kappa shape index (κ3) is 6.33. The van der Waals surface area contributed by atoms with Gasteiger partial charge in [-0.05, 0) is 63.5 Å². The molecule has 1 fully saturated rings. The highest BCUT2D eigenvalue weighted by Gasteiger charge is 2.17. The molecule has 2 rings (SSSR count). The van der Waals surface area contributed by atoms with Gasteiger partial charge in [-0.25, -0.2) is 0 Å². The molecule has 1 heterocycles. The van der Waals surface area contributed by atoms with Gasteiger partial charge in [0.1, 0.15) is 12.4 Å². The number of piperidine rings is 1. The van der Waals surface area contributed by atoms with E-state index >= 15 is 0 Å². The number of hydrogen-bond acceptors (Lipinski definition) is 4. The first-order chi connectivity index (χ1) is 12.1. The lowest BCUT2D eigenvalue weighted by atomic mass is 10.1. The van der Waals surface area contributed by atoms with Crippen molar-refractivity contribution in [2.45, 2.75) is 51.7 Å². The van der Waals surface area contributed by atoms with E-state index in [1.54, 1.807) is 7.11 Å². The number of nitrogens with zero attached hydrogens (tertiary/aromatic N) is 1. The zero-order chi connectivity index (χ0) is 18.1. The highest BCUT2D eigenvalue weighted by Crippen LogP contribution is 2.14. The molecule has 1 amide bonds. The minimum atomic E-state index is -0.0807. The van der Waals surface area contributed by atoms with Crippen LogP contribution in [0.25, 0.3) is 0 Å². The van der Waals surface area contributed by atoms with Gasteiger partial charge < -0.3 is 14.8 Å². The molecule has 140 valence electrons. The summed E-state index contributed by atoms with van der Waals surface area (Å²) in [5, 5.41) is 2.99. The van der Waals surface area contributed by atoms with Crippen molar-refractivity contribution in [2.24, 2.45) is 0 Å². The quantitative estimate of drug-likeness (QED) is 0.745. The summed E-state index contributed by atoms with van der Waals surface area (Å²) in [5.41, 5.74) is 0.640. The van der Waals surface area contributed by atoms with Crippen molar-refractivity contribution in [1.82, 2.24) is 10.2 Å². The van der Waals surface area contributed by atoms with Crippen molar-refractivity contribution >= 4 is 5.91 Å². The Hall–Kier alpha value is -1.59. The number of benzene rings is 1. The molecule has 25 heavy (non-hydrogen) atoms. The monoisotopic (exact) mass is 348 g/mol. The molecule has 1 saturated heterocycles. The summed E-state index contributed by atoms with van der Waals surface area (Å²) in [4.78, 5) is 14.8. The van der Waals surface area contributed by atoms with Crippen LogP contribution < -0.4 is 10.1 Å². The maximum absolute atomic E-state index is 12.3. The van der Waals surface area contributed by atoms with Crippen molar-refractivity contribution in [3.05, 3.63) is 29.8 Å². The maximum atomic E-state index is 12.3. The minimum Gasteiger partial charge on any atom is -0.492 e. The van der Waals surface area contributed by atoms with E-state index in [0.717, 1.165) is 18.7 Å². The van der Waals surface area contributed by atoms with Crippen molar-refractivity contribution in [3.63, 3.8) is 0 Å². The van der Waals surface area contributed by atoms with Crippen LogP contribution in [-0.4, -0.2) is 56.3 Å². The van der Waals surface area contributed by atoms with E-state index in [1.165, 1.54) is 32.4 Å². The summed E-state index contributed by atoms with van der Waals surface area (Å²) in [6.45, 7) is 8.03. The van der Waals surface area contributed by atoms with E-state index in [4.69, 9.17) is 9.47 Å². The Morgan fingerprint density at radius 2 is 1.88 bits per heavy atom. The highest BCUT2D eigenvalue weighted by molar-refractivity contribution is 5.94. The molecule has 1 N–H and O–H groups in total. The first kappa shape index (κ1) is 19.7. The lowest BCUT2D eigenvalue weighted by molar-refractivity contribution is 0.0628. The largest absolute Gasteiger partial charge is 0.492 e. The average Bonchev–Trinajstić information content (AvgIpc) is 2.64. The van der Waals surface area contributed by atoms with Crippen LogP contribution in [-0.2, 0) is 4.74 Å². The van der Waals surface area contributed by atoms with Gasteiger partial charge in [0.25, 0.3) is 5.91 Å². The van der Waals surface area contributed by atoms with Crippen LogP contribution in [0.1, 0.15) is 49.9 Å². The number of carbonyl (C=O) groups excluding carboxylic acids is 1. The van der Waals surface area contributed by atoms with Gasteiger partial charge in [-0.2, -0.15) is 0 Å². The molecule has 2 atom stereocenters. The molecular weight excluding hydrogens is 316 g/mol. The third-order valence-electron chi connectivity index (χ3n) is 4.86. The molecule has 1 aromatic rings. The lowest BCUT2D eigenvalue weighted by Crippen LogP contribution is -2.41. The second-order valence-electron chi connectivity index (χ2n) is 6.72. The molecule has 0 bridgehead atoms. The Morgan fingerprint density at radius 1 is 1.20 bits per heavy atom. The fourth-order valence-corrected chi connectivity index (χ4v) is 3.29. The Kier molecular flexibility index (Phi) is 8.22. The average molecular weight is 348 g/mol. The summed E-state index contributed by atoms with van der Waals surface area (Å²) in [5.74, 6) is 0.729. The fraction of sp³-hybridized carbons (Fsp3) is 0.650. The van der Waals surface area contributed by atoms with E-state index in [-0.39, 0.29) is 18.1 Å². The molecule has 0 aliphatic carbocycles. The minimum absolute atomic E-state index is 0.0250. The Bertz CT molecular complexity index is 508. The molecule has 5 nitrogen and oxygen atoms in total. The van der Waals surface area contributed by atoms with Gasteiger partial charge in [-0.3, -0.25) is 9.69 Å². The summed E-state index contributed by atoms with van der Waals surface area (Å²) >= 11 is 0. The number of likely N-dealkylation sites (tertiary alicyclic amines) is 1. The fourth-order valence-electron chi connectivity index (χ4n) is 3.29. The first-order valence-electron chi connectivity index (χ1n) is 9.43. The number of methoxy groups -OCH3 is 1. The summed E-state index contributed by atoms with van der Waals surface area (Å²) in [7, 11) is 1.67. The molecule has 1 aromatic carbocycles. The predicted molar refractivity (Wildman–Crippen MR) is 100 cm³/mol. The van der Waals surface area contributed by atoms with Gasteiger partial charge in [0, 0.05) is 19.2 Å². The number of nitrogens with one attached hydrogen (secondary N) is 1. The number of hydrogen-bond donors (Lipinski definition) is 1. The lowest BCUT2D eigenvalue weighted by Gasteiger charge is -2.26. The van der Waals surface area contributed by atoms with Crippen LogP contribution in [0, 0.1) is 0 Å². The van der Waals surface area contributed by atoms with Gasteiger partial charge in [0.05, 0.1) is 12.1 Å². The van der Waals surface area contributed by atoms with Crippen molar-refractivity contribution in [1.29, 1.82) is 0 Å². The SMILES string of the molecule is CCC(OC)C(C)NC(=O)c1ccc(OCCN2CCCCC2)cc1. The van der Waals surface area contributed by atoms with Gasteiger partial charge in [-0.1, -0.05) is 13.3 Å². The van der Waals surface area contributed by atoms with Crippen LogP contribution in [0.4, 0.5) is 0 Å². The summed E-state index contributed by atoms with van der Waals surface area (Å²) in [6, 6.07) is 7.33. The van der Waals surface area contributed by atoms with Crippen LogP contribution >= 0.6 is 0 Å². The topological polar surface area (TPSA) is 50.8 Å². The molecular formula is C20H32N2O3. The number of rotatable bonds is 9. The number of ether oxygens (including phenoxy) is 2. The zero-order valence-corrected chi connectivity index (χ0v) is 15.8. The van der Waals surface area contributed by atoms with Crippen LogP contribution in [0.3, 0.4) is 0 Å². The Balaban J connectivity index is 1.77. The standard InChI is InChI=1S/C20H32N2O3/c1-4-19(24-3)16(2)21-20(23)17-8-10-18(11-9-17)25-15-14-22-12-6-5-7-13-22/h8-11,16,19H,4-7,12-15H2,1-3H3,(H,21,23). The van der Waals surface area contributed by atoms with Crippen molar-refractivity contribution in [3.8, 4) is 5.75 Å². The van der Waals surface area contributed by atoms with Gasteiger partial charge in [0.2, 0.25) is 0 Å². The van der Waals surface area contributed by atoms with Crippen molar-refractivity contribution < 1.29 is 14.3 Å². The second-order valence-corrected chi connectivity index (χ2v) is 6.72. The van der Waals surface area contributed by atoms with Crippen LogP contribution in [0.15, 0.2) is 24.3 Å². The molecule has 2 unspecified atom stereocenters. The van der Waals surface area contributed by atoms with E-state index < -0.39 is 0 Å². The van der Waals surface area contributed by atoms with Crippen molar-refractivity contribution in [2.75, 3.05) is 33.4 Å². The summed E-state index contributed by atoms with van der Waals surface area (Å²) in [6.07, 6.45) is 4.83. The van der Waals surface area contributed by atoms with E-state index in [9.17, 15) is 4.79 Å². The molecule has 0 spiro atoms. The molecule has 1 aliphatic rings. The van der Waals surface area contributed by atoms with Gasteiger partial charge in [-0.15, -0.1) is 0 Å². The van der Waals surface area contributed by atoms with E-state index in [2.05, 4.69) is 10.2 Å². The third-order valence-corrected chi connectivity index (χ3v) is 4.86. The Morgan fingerprint density at radius 3 is 2.48 bits per heavy atom. The molecule has 0 aromatic heterocycles. The first-order valence-corrected chi connectivity index (χ1v) is 9.43. The zero-order valence-electron chi connectivity index (χ0n) is 15.8. The second kappa shape index (κ2) is 10.4. The molecule has 0 radical (unpaired) electrons. The highest BCUT2D eigenvalue weighted by atomic mass is 16.5. The Labute approximate surface area is 151 Å². The van der Waals surface area contributed by atoms with E-state index in [0.29, 0.717) is 12.2 Å². The van der Waals surface area contributed by atoms with Gasteiger partial charge in [0.15, 0.2) is 0 Å². The maximum Gasteiger partial charge on any atom is 0.251 e. The normalized spacial score (nSPS) is 17.7. The number of carbonyl (C=O) groups is 1.